The summed E-state index contributed by atoms with van der Waals surface area (Å²) >= 11 is 0. The first-order valence-corrected chi connectivity index (χ1v) is 7.33. The van der Waals surface area contributed by atoms with Crippen LogP contribution in [0.5, 0.6) is 0 Å². The molecule has 2 aromatic rings. The van der Waals surface area contributed by atoms with Gasteiger partial charge in [-0.1, -0.05) is 60.7 Å². The fraction of sp³-hybridized carbons (Fsp3) is 0.235. The topological polar surface area (TPSA) is 62.4 Å². The molecule has 1 fully saturated rings. The van der Waals surface area contributed by atoms with Crippen LogP contribution < -0.4 is 16.3 Å². The van der Waals surface area contributed by atoms with Crippen LogP contribution in [0.2, 0.25) is 0 Å². The van der Waals surface area contributed by atoms with Gasteiger partial charge in [-0.15, -0.1) is 0 Å². The first-order valence-electron chi connectivity index (χ1n) is 7.33. The third-order valence-electron chi connectivity index (χ3n) is 3.73. The maximum Gasteiger partial charge on any atom is 0.249 e. The summed E-state index contributed by atoms with van der Waals surface area (Å²) < 4.78 is 0. The third kappa shape index (κ3) is 3.51. The molecular formula is C17H19N3O2. The zero-order chi connectivity index (χ0) is 15.2. The van der Waals surface area contributed by atoms with Gasteiger partial charge in [0, 0.05) is 6.54 Å². The van der Waals surface area contributed by atoms with Crippen molar-refractivity contribution in [2.24, 2.45) is 5.92 Å². The van der Waals surface area contributed by atoms with Crippen LogP contribution in [0.3, 0.4) is 0 Å². The molecule has 5 nitrogen and oxygen atoms in total. The SMILES string of the molecule is O=C(NOCc1ccccc1)C1CNNC1c1ccccc1. The fourth-order valence-corrected chi connectivity index (χ4v) is 2.56. The average Bonchev–Trinajstić information content (AvgIpc) is 3.06. The Morgan fingerprint density at radius 1 is 1.09 bits per heavy atom. The van der Waals surface area contributed by atoms with E-state index in [1.807, 2.05) is 60.7 Å². The lowest BCUT2D eigenvalue weighted by Crippen LogP contribution is -2.35. The van der Waals surface area contributed by atoms with E-state index in [-0.39, 0.29) is 17.9 Å². The maximum absolute atomic E-state index is 12.3. The molecule has 5 heteroatoms. The molecule has 3 N–H and O–H groups in total. The highest BCUT2D eigenvalue weighted by Crippen LogP contribution is 2.24. The number of benzene rings is 2. The number of hydrazine groups is 1. The van der Waals surface area contributed by atoms with Gasteiger partial charge in [-0.05, 0) is 11.1 Å². The summed E-state index contributed by atoms with van der Waals surface area (Å²) in [6.07, 6.45) is 0. The van der Waals surface area contributed by atoms with E-state index in [2.05, 4.69) is 16.3 Å². The summed E-state index contributed by atoms with van der Waals surface area (Å²) in [5, 5.41) is 0. The number of carbonyl (C=O) groups is 1. The van der Waals surface area contributed by atoms with Gasteiger partial charge in [0.2, 0.25) is 5.91 Å². The average molecular weight is 297 g/mol. The van der Waals surface area contributed by atoms with E-state index in [0.717, 1.165) is 11.1 Å². The summed E-state index contributed by atoms with van der Waals surface area (Å²) in [5.74, 6) is -0.333. The van der Waals surface area contributed by atoms with Gasteiger partial charge in [0.05, 0.1) is 18.6 Å². The Hall–Kier alpha value is -2.21. The molecule has 2 aromatic carbocycles. The smallest absolute Gasteiger partial charge is 0.249 e. The van der Waals surface area contributed by atoms with Gasteiger partial charge >= 0.3 is 0 Å². The van der Waals surface area contributed by atoms with Gasteiger partial charge in [0.15, 0.2) is 0 Å². The van der Waals surface area contributed by atoms with E-state index in [1.54, 1.807) is 0 Å². The Morgan fingerprint density at radius 3 is 2.50 bits per heavy atom. The quantitative estimate of drug-likeness (QED) is 0.735. The first-order chi connectivity index (χ1) is 10.8. The Labute approximate surface area is 129 Å². The van der Waals surface area contributed by atoms with E-state index < -0.39 is 0 Å². The summed E-state index contributed by atoms with van der Waals surface area (Å²) in [5.41, 5.74) is 10.8. The van der Waals surface area contributed by atoms with Crippen LogP contribution in [-0.2, 0) is 16.2 Å². The van der Waals surface area contributed by atoms with Crippen LogP contribution in [0.4, 0.5) is 0 Å². The minimum atomic E-state index is -0.210. The summed E-state index contributed by atoms with van der Waals surface area (Å²) in [6.45, 7) is 0.927. The van der Waals surface area contributed by atoms with Crippen molar-refractivity contribution >= 4 is 5.91 Å². The second-order valence-electron chi connectivity index (χ2n) is 5.26. The molecule has 22 heavy (non-hydrogen) atoms. The molecule has 0 saturated carbocycles. The van der Waals surface area contributed by atoms with E-state index in [9.17, 15) is 4.79 Å². The molecule has 0 spiro atoms. The largest absolute Gasteiger partial charge is 0.272 e. The predicted octanol–water partition coefficient (Wildman–Crippen LogP) is 1.70. The second-order valence-corrected chi connectivity index (χ2v) is 5.26. The minimum Gasteiger partial charge on any atom is -0.272 e. The van der Waals surface area contributed by atoms with Crippen molar-refractivity contribution in [2.75, 3.05) is 6.54 Å². The van der Waals surface area contributed by atoms with E-state index >= 15 is 0 Å². The Balaban J connectivity index is 1.55. The molecule has 1 heterocycles. The molecule has 1 saturated heterocycles. The molecule has 2 unspecified atom stereocenters. The number of hydrogen-bond donors (Lipinski definition) is 3. The van der Waals surface area contributed by atoms with Crippen LogP contribution in [0.1, 0.15) is 17.2 Å². The highest BCUT2D eigenvalue weighted by molar-refractivity contribution is 5.79. The maximum atomic E-state index is 12.3. The van der Waals surface area contributed by atoms with Crippen molar-refractivity contribution in [3.63, 3.8) is 0 Å². The molecule has 1 aliphatic rings. The molecule has 2 atom stereocenters. The van der Waals surface area contributed by atoms with Gasteiger partial charge in [0.1, 0.15) is 0 Å². The van der Waals surface area contributed by atoms with Crippen LogP contribution in [0.15, 0.2) is 60.7 Å². The summed E-state index contributed by atoms with van der Waals surface area (Å²) in [7, 11) is 0. The van der Waals surface area contributed by atoms with E-state index in [0.29, 0.717) is 13.2 Å². The lowest BCUT2D eigenvalue weighted by atomic mass is 9.94. The third-order valence-corrected chi connectivity index (χ3v) is 3.73. The predicted molar refractivity (Wildman–Crippen MR) is 83.2 cm³/mol. The molecular weight excluding hydrogens is 278 g/mol. The zero-order valence-electron chi connectivity index (χ0n) is 12.2. The lowest BCUT2D eigenvalue weighted by molar-refractivity contribution is -0.138. The number of amides is 1. The van der Waals surface area contributed by atoms with Gasteiger partial charge < -0.3 is 0 Å². The number of hydroxylamine groups is 1. The van der Waals surface area contributed by atoms with Crippen LogP contribution in [0, 0.1) is 5.92 Å². The van der Waals surface area contributed by atoms with Crippen molar-refractivity contribution in [1.82, 2.24) is 16.3 Å². The highest BCUT2D eigenvalue weighted by Gasteiger charge is 2.33. The molecule has 0 aromatic heterocycles. The van der Waals surface area contributed by atoms with Crippen molar-refractivity contribution in [3.8, 4) is 0 Å². The van der Waals surface area contributed by atoms with Crippen LogP contribution in [0.25, 0.3) is 0 Å². The number of carbonyl (C=O) groups excluding carboxylic acids is 1. The normalized spacial score (nSPS) is 20.7. The fourth-order valence-electron chi connectivity index (χ4n) is 2.56. The number of nitrogens with one attached hydrogen (secondary N) is 3. The molecule has 1 amide bonds. The van der Waals surface area contributed by atoms with Crippen LogP contribution in [-0.4, -0.2) is 12.5 Å². The van der Waals surface area contributed by atoms with Gasteiger partial charge in [-0.2, -0.15) is 0 Å². The Morgan fingerprint density at radius 2 is 1.77 bits per heavy atom. The van der Waals surface area contributed by atoms with E-state index in [1.165, 1.54) is 0 Å². The first kappa shape index (κ1) is 14.7. The minimum absolute atomic E-state index is 0.0541. The van der Waals surface area contributed by atoms with Crippen molar-refractivity contribution in [3.05, 3.63) is 71.8 Å². The van der Waals surface area contributed by atoms with Crippen LogP contribution >= 0.6 is 0 Å². The molecule has 1 aliphatic heterocycles. The van der Waals surface area contributed by atoms with Gasteiger partial charge in [-0.25, -0.2) is 10.9 Å². The van der Waals surface area contributed by atoms with Crippen molar-refractivity contribution in [2.45, 2.75) is 12.6 Å². The second kappa shape index (κ2) is 7.17. The standard InChI is InChI=1S/C17H19N3O2/c21-17(20-22-12-13-7-3-1-4-8-13)15-11-18-19-16(15)14-9-5-2-6-10-14/h1-10,15-16,18-19H,11-12H2,(H,20,21). The molecule has 0 aliphatic carbocycles. The van der Waals surface area contributed by atoms with Gasteiger partial charge in [0.25, 0.3) is 0 Å². The molecule has 3 rings (SSSR count). The number of hydrogen-bond acceptors (Lipinski definition) is 4. The number of rotatable bonds is 5. The van der Waals surface area contributed by atoms with Crippen molar-refractivity contribution < 1.29 is 9.63 Å². The zero-order valence-corrected chi connectivity index (χ0v) is 12.2. The molecule has 114 valence electrons. The molecule has 0 radical (unpaired) electrons. The Kier molecular flexibility index (Phi) is 4.80. The Bertz CT molecular complexity index is 604. The monoisotopic (exact) mass is 297 g/mol. The van der Waals surface area contributed by atoms with E-state index in [4.69, 9.17) is 4.84 Å². The van der Waals surface area contributed by atoms with Crippen molar-refractivity contribution in [1.29, 1.82) is 0 Å². The highest BCUT2D eigenvalue weighted by atomic mass is 16.6. The summed E-state index contributed by atoms with van der Waals surface area (Å²) in [6, 6.07) is 19.6. The molecule has 0 bridgehead atoms. The summed E-state index contributed by atoms with van der Waals surface area (Å²) in [4.78, 5) is 17.6. The van der Waals surface area contributed by atoms with Gasteiger partial charge in [-0.3, -0.25) is 15.1 Å². The lowest BCUT2D eigenvalue weighted by Gasteiger charge is -2.18.